The molecule has 0 aliphatic carbocycles. The van der Waals surface area contributed by atoms with E-state index in [1.807, 2.05) is 6.07 Å². The van der Waals surface area contributed by atoms with Crippen LogP contribution in [0.3, 0.4) is 0 Å². The molecular formula is C19H18F2N4O2. The van der Waals surface area contributed by atoms with Crippen molar-refractivity contribution in [2.24, 2.45) is 0 Å². The number of carbonyl (C=O) groups excluding carboxylic acids is 1. The Kier molecular flexibility index (Phi) is 3.98. The fraction of sp³-hybridized carbons (Fsp3) is 0.263. The van der Waals surface area contributed by atoms with E-state index < -0.39 is 29.3 Å². The standard InChI is InChI=1S/C19H18F2N4O2/c1-19(2)8-15(10-6-7-12(20)16(21)17(10)27-19)24-18(26)23-13-4-3-5-14-11(13)9-22-25-14/h3-7,9,15H,8H2,1-2H3,(H,22,25)(H2,23,24,26). The summed E-state index contributed by atoms with van der Waals surface area (Å²) in [5.41, 5.74) is 1.04. The number of aromatic amines is 1. The molecule has 8 heteroatoms. The fourth-order valence-corrected chi connectivity index (χ4v) is 3.37. The third-order valence-electron chi connectivity index (χ3n) is 4.57. The first kappa shape index (κ1) is 17.3. The molecule has 0 spiro atoms. The van der Waals surface area contributed by atoms with Gasteiger partial charge < -0.3 is 15.4 Å². The minimum absolute atomic E-state index is 0.159. The molecule has 27 heavy (non-hydrogen) atoms. The van der Waals surface area contributed by atoms with Crippen molar-refractivity contribution in [1.29, 1.82) is 0 Å². The van der Waals surface area contributed by atoms with Gasteiger partial charge in [0.2, 0.25) is 5.82 Å². The summed E-state index contributed by atoms with van der Waals surface area (Å²) in [6.45, 7) is 3.53. The molecule has 1 unspecified atom stereocenters. The molecule has 140 valence electrons. The highest BCUT2D eigenvalue weighted by molar-refractivity contribution is 6.00. The number of hydrogen-bond donors (Lipinski definition) is 3. The van der Waals surface area contributed by atoms with Crippen LogP contribution in [0.25, 0.3) is 10.9 Å². The maximum absolute atomic E-state index is 14.2. The molecule has 1 aliphatic rings. The second-order valence-corrected chi connectivity index (χ2v) is 7.13. The zero-order chi connectivity index (χ0) is 19.2. The van der Waals surface area contributed by atoms with Crippen molar-refractivity contribution >= 4 is 22.6 Å². The molecule has 0 bridgehead atoms. The van der Waals surface area contributed by atoms with Gasteiger partial charge in [0.05, 0.1) is 23.4 Å². The minimum atomic E-state index is -1.05. The maximum atomic E-state index is 14.2. The molecule has 1 atom stereocenters. The zero-order valence-corrected chi connectivity index (χ0v) is 14.8. The maximum Gasteiger partial charge on any atom is 0.319 e. The highest BCUT2D eigenvalue weighted by atomic mass is 19.2. The van der Waals surface area contributed by atoms with Crippen LogP contribution in [-0.2, 0) is 0 Å². The van der Waals surface area contributed by atoms with Gasteiger partial charge in [-0.25, -0.2) is 9.18 Å². The first-order chi connectivity index (χ1) is 12.8. The van der Waals surface area contributed by atoms with Crippen molar-refractivity contribution < 1.29 is 18.3 Å². The number of aromatic nitrogens is 2. The Morgan fingerprint density at radius 1 is 1.30 bits per heavy atom. The van der Waals surface area contributed by atoms with Crippen molar-refractivity contribution in [2.45, 2.75) is 31.9 Å². The first-order valence-corrected chi connectivity index (χ1v) is 8.50. The van der Waals surface area contributed by atoms with E-state index in [0.717, 1.165) is 17.0 Å². The van der Waals surface area contributed by atoms with E-state index in [4.69, 9.17) is 4.74 Å². The van der Waals surface area contributed by atoms with Gasteiger partial charge >= 0.3 is 6.03 Å². The number of nitrogens with zero attached hydrogens (tertiary/aromatic N) is 1. The Morgan fingerprint density at radius 3 is 2.93 bits per heavy atom. The average Bonchev–Trinajstić information content (AvgIpc) is 3.07. The fourth-order valence-electron chi connectivity index (χ4n) is 3.37. The Labute approximate surface area is 153 Å². The topological polar surface area (TPSA) is 79.0 Å². The lowest BCUT2D eigenvalue weighted by Gasteiger charge is -2.38. The van der Waals surface area contributed by atoms with Gasteiger partial charge in [-0.3, -0.25) is 5.10 Å². The Bertz CT molecular complexity index is 1030. The summed E-state index contributed by atoms with van der Waals surface area (Å²) in [6.07, 6.45) is 2.03. The number of amides is 2. The number of carbonyl (C=O) groups is 1. The molecule has 3 aromatic rings. The lowest BCUT2D eigenvalue weighted by Crippen LogP contribution is -2.43. The number of nitrogens with one attached hydrogen (secondary N) is 3. The third kappa shape index (κ3) is 3.18. The lowest BCUT2D eigenvalue weighted by atomic mass is 9.89. The number of rotatable bonds is 2. The molecule has 1 aromatic heterocycles. The number of fused-ring (bicyclic) bond motifs is 2. The van der Waals surface area contributed by atoms with Crippen LogP contribution in [0.15, 0.2) is 36.5 Å². The van der Waals surface area contributed by atoms with E-state index in [9.17, 15) is 13.6 Å². The summed E-state index contributed by atoms with van der Waals surface area (Å²) < 4.78 is 33.4. The number of benzene rings is 2. The number of urea groups is 1. The SMILES string of the molecule is CC1(C)CC(NC(=O)Nc2cccc3[nH]ncc23)c2ccc(F)c(F)c2O1. The van der Waals surface area contributed by atoms with Crippen LogP contribution in [0, 0.1) is 11.6 Å². The van der Waals surface area contributed by atoms with Crippen molar-refractivity contribution in [3.05, 3.63) is 53.7 Å². The van der Waals surface area contributed by atoms with Gasteiger partial charge in [-0.15, -0.1) is 0 Å². The van der Waals surface area contributed by atoms with E-state index in [1.54, 1.807) is 32.2 Å². The van der Waals surface area contributed by atoms with Crippen LogP contribution in [0.1, 0.15) is 31.9 Å². The molecule has 0 saturated heterocycles. The second kappa shape index (κ2) is 6.22. The van der Waals surface area contributed by atoms with Gasteiger partial charge in [0.15, 0.2) is 11.6 Å². The second-order valence-electron chi connectivity index (χ2n) is 7.13. The van der Waals surface area contributed by atoms with Crippen molar-refractivity contribution in [2.75, 3.05) is 5.32 Å². The highest BCUT2D eigenvalue weighted by Gasteiger charge is 2.37. The molecule has 2 aromatic carbocycles. The summed E-state index contributed by atoms with van der Waals surface area (Å²) in [4.78, 5) is 12.6. The molecule has 0 fully saturated rings. The lowest BCUT2D eigenvalue weighted by molar-refractivity contribution is 0.0619. The van der Waals surface area contributed by atoms with Crippen LogP contribution in [0.4, 0.5) is 19.3 Å². The van der Waals surface area contributed by atoms with Gasteiger partial charge in [-0.05, 0) is 32.0 Å². The zero-order valence-electron chi connectivity index (χ0n) is 14.8. The van der Waals surface area contributed by atoms with Gasteiger partial charge in [0.1, 0.15) is 5.60 Å². The molecule has 1 aliphatic heterocycles. The van der Waals surface area contributed by atoms with Gasteiger partial charge in [0.25, 0.3) is 0 Å². The number of hydrogen-bond acceptors (Lipinski definition) is 3. The summed E-state index contributed by atoms with van der Waals surface area (Å²) in [5, 5.41) is 13.2. The van der Waals surface area contributed by atoms with Crippen LogP contribution < -0.4 is 15.4 Å². The number of ether oxygens (including phenoxy) is 1. The van der Waals surface area contributed by atoms with Crippen molar-refractivity contribution in [1.82, 2.24) is 15.5 Å². The van der Waals surface area contributed by atoms with Crippen molar-refractivity contribution in [3.63, 3.8) is 0 Å². The largest absolute Gasteiger partial charge is 0.484 e. The predicted molar refractivity (Wildman–Crippen MR) is 96.7 cm³/mol. The first-order valence-electron chi connectivity index (χ1n) is 8.50. The molecular weight excluding hydrogens is 354 g/mol. The highest BCUT2D eigenvalue weighted by Crippen LogP contribution is 2.41. The van der Waals surface area contributed by atoms with Crippen LogP contribution >= 0.6 is 0 Å². The van der Waals surface area contributed by atoms with E-state index in [0.29, 0.717) is 17.7 Å². The summed E-state index contributed by atoms with van der Waals surface area (Å²) in [6, 6.07) is 6.89. The van der Waals surface area contributed by atoms with Crippen LogP contribution in [0.2, 0.25) is 0 Å². The molecule has 3 N–H and O–H groups in total. The van der Waals surface area contributed by atoms with Gasteiger partial charge in [-0.2, -0.15) is 9.49 Å². The monoisotopic (exact) mass is 372 g/mol. The van der Waals surface area contributed by atoms with Crippen molar-refractivity contribution in [3.8, 4) is 5.75 Å². The average molecular weight is 372 g/mol. The summed E-state index contributed by atoms with van der Waals surface area (Å²) in [7, 11) is 0. The summed E-state index contributed by atoms with van der Waals surface area (Å²) in [5.74, 6) is -2.19. The number of halogens is 2. The van der Waals surface area contributed by atoms with E-state index in [1.165, 1.54) is 6.07 Å². The Balaban J connectivity index is 1.60. The van der Waals surface area contributed by atoms with E-state index >= 15 is 0 Å². The number of H-pyrrole nitrogens is 1. The van der Waals surface area contributed by atoms with E-state index in [-0.39, 0.29) is 5.75 Å². The molecule has 2 amide bonds. The quantitative estimate of drug-likeness (QED) is 0.629. The van der Waals surface area contributed by atoms with Crippen LogP contribution in [-0.4, -0.2) is 21.8 Å². The predicted octanol–water partition coefficient (Wildman–Crippen LogP) is 4.27. The van der Waals surface area contributed by atoms with Gasteiger partial charge in [0, 0.05) is 17.4 Å². The summed E-state index contributed by atoms with van der Waals surface area (Å²) >= 11 is 0. The minimum Gasteiger partial charge on any atom is -0.484 e. The smallest absolute Gasteiger partial charge is 0.319 e. The molecule has 2 heterocycles. The normalized spacial score (nSPS) is 17.9. The van der Waals surface area contributed by atoms with Gasteiger partial charge in [-0.1, -0.05) is 12.1 Å². The molecule has 4 rings (SSSR count). The molecule has 6 nitrogen and oxygen atoms in total. The Hall–Kier alpha value is -3.16. The van der Waals surface area contributed by atoms with Crippen LogP contribution in [0.5, 0.6) is 5.75 Å². The molecule has 0 saturated carbocycles. The molecule has 0 radical (unpaired) electrons. The van der Waals surface area contributed by atoms with E-state index in [2.05, 4.69) is 20.8 Å². The Morgan fingerprint density at radius 2 is 2.11 bits per heavy atom. The number of anilines is 1. The third-order valence-corrected chi connectivity index (χ3v) is 4.57.